The Labute approximate surface area is 154 Å². The number of piperazine rings is 1. The maximum atomic E-state index is 11.4. The molecule has 2 heterocycles. The number of anilines is 1. The van der Waals surface area contributed by atoms with Gasteiger partial charge in [0.25, 0.3) is 5.91 Å². The van der Waals surface area contributed by atoms with Crippen molar-refractivity contribution in [2.45, 2.75) is 26.3 Å². The van der Waals surface area contributed by atoms with Crippen molar-refractivity contribution in [1.29, 1.82) is 0 Å². The highest BCUT2D eigenvalue weighted by atomic mass is 16.5. The van der Waals surface area contributed by atoms with Crippen LogP contribution in [0.4, 0.5) is 5.69 Å². The Morgan fingerprint density at radius 1 is 1.12 bits per heavy atom. The summed E-state index contributed by atoms with van der Waals surface area (Å²) < 4.78 is 0. The van der Waals surface area contributed by atoms with E-state index in [0.717, 1.165) is 44.0 Å². The number of hydrogen-bond acceptors (Lipinski definition) is 5. The number of nitrogens with zero attached hydrogens (tertiary/aromatic N) is 3. The topological polar surface area (TPSA) is 68.7 Å². The van der Waals surface area contributed by atoms with Crippen LogP contribution in [0.15, 0.2) is 42.6 Å². The van der Waals surface area contributed by atoms with Gasteiger partial charge >= 0.3 is 0 Å². The Kier molecular flexibility index (Phi) is 5.85. The minimum Gasteiger partial charge on any atom is -0.368 e. The maximum absolute atomic E-state index is 11.4. The molecule has 3 rings (SSSR count). The van der Waals surface area contributed by atoms with Gasteiger partial charge in [-0.3, -0.25) is 19.9 Å². The lowest BCUT2D eigenvalue weighted by Gasteiger charge is -2.36. The van der Waals surface area contributed by atoms with Gasteiger partial charge in [-0.2, -0.15) is 0 Å². The number of hydrogen-bond donors (Lipinski definition) is 2. The molecule has 1 amide bonds. The molecule has 0 atom stereocenters. The van der Waals surface area contributed by atoms with Crippen molar-refractivity contribution in [3.05, 3.63) is 59.4 Å². The molecule has 0 radical (unpaired) electrons. The summed E-state index contributed by atoms with van der Waals surface area (Å²) in [7, 11) is 0. The van der Waals surface area contributed by atoms with Crippen molar-refractivity contribution < 1.29 is 10.0 Å². The van der Waals surface area contributed by atoms with Crippen LogP contribution in [0.25, 0.3) is 0 Å². The molecule has 1 aliphatic rings. The Hall–Kier alpha value is -2.44. The lowest BCUT2D eigenvalue weighted by atomic mass is 10.1. The Balaban J connectivity index is 1.52. The highest BCUT2D eigenvalue weighted by molar-refractivity contribution is 5.93. The van der Waals surface area contributed by atoms with Crippen molar-refractivity contribution >= 4 is 11.6 Å². The zero-order valence-electron chi connectivity index (χ0n) is 15.4. The van der Waals surface area contributed by atoms with Gasteiger partial charge in [0.15, 0.2) is 0 Å². The molecule has 1 saturated heterocycles. The smallest absolute Gasteiger partial charge is 0.274 e. The van der Waals surface area contributed by atoms with Crippen molar-refractivity contribution in [3.63, 3.8) is 0 Å². The standard InChI is InChI=1S/C20H26N4O2/c1-15(2)19-8-7-18(13-21-19)24-11-9-23(10-12-24)14-16-3-5-17(6-4-16)20(25)22-26/h3-8,13,15,26H,9-12,14H2,1-2H3,(H,22,25). The molecule has 2 N–H and O–H groups in total. The van der Waals surface area contributed by atoms with E-state index in [4.69, 9.17) is 5.21 Å². The van der Waals surface area contributed by atoms with Gasteiger partial charge in [0.05, 0.1) is 11.9 Å². The lowest BCUT2D eigenvalue weighted by Crippen LogP contribution is -2.46. The molecule has 1 aliphatic heterocycles. The zero-order valence-corrected chi connectivity index (χ0v) is 15.4. The normalized spacial score (nSPS) is 15.3. The number of hydroxylamine groups is 1. The molecule has 6 nitrogen and oxygen atoms in total. The highest BCUT2D eigenvalue weighted by Crippen LogP contribution is 2.19. The first-order valence-electron chi connectivity index (χ1n) is 9.03. The number of benzene rings is 1. The molecule has 26 heavy (non-hydrogen) atoms. The Bertz CT molecular complexity index is 720. The fourth-order valence-electron chi connectivity index (χ4n) is 3.17. The van der Waals surface area contributed by atoms with Gasteiger partial charge in [0.2, 0.25) is 0 Å². The van der Waals surface area contributed by atoms with Gasteiger partial charge in [0.1, 0.15) is 0 Å². The van der Waals surface area contributed by atoms with Crippen LogP contribution in [-0.2, 0) is 6.54 Å². The predicted molar refractivity (Wildman–Crippen MR) is 102 cm³/mol. The second-order valence-corrected chi connectivity index (χ2v) is 7.00. The van der Waals surface area contributed by atoms with E-state index in [1.165, 1.54) is 5.69 Å². The molecular formula is C20H26N4O2. The lowest BCUT2D eigenvalue weighted by molar-refractivity contribution is 0.0706. The number of aromatic nitrogens is 1. The van der Waals surface area contributed by atoms with Crippen LogP contribution in [0.1, 0.15) is 41.4 Å². The van der Waals surface area contributed by atoms with E-state index >= 15 is 0 Å². The number of rotatable bonds is 5. The minimum atomic E-state index is -0.484. The molecule has 0 bridgehead atoms. The Morgan fingerprint density at radius 3 is 2.35 bits per heavy atom. The van der Waals surface area contributed by atoms with Crippen LogP contribution >= 0.6 is 0 Å². The fraction of sp³-hybridized carbons (Fsp3) is 0.400. The first kappa shape index (κ1) is 18.4. The summed E-state index contributed by atoms with van der Waals surface area (Å²) in [6, 6.07) is 11.6. The number of carbonyl (C=O) groups is 1. The second-order valence-electron chi connectivity index (χ2n) is 7.00. The van der Waals surface area contributed by atoms with E-state index in [1.807, 2.05) is 18.3 Å². The molecule has 1 aromatic carbocycles. The van der Waals surface area contributed by atoms with E-state index in [9.17, 15) is 4.79 Å². The number of carbonyl (C=O) groups excluding carboxylic acids is 1. The van der Waals surface area contributed by atoms with Crippen molar-refractivity contribution in [1.82, 2.24) is 15.4 Å². The number of amides is 1. The van der Waals surface area contributed by atoms with Crippen LogP contribution in [0.2, 0.25) is 0 Å². The van der Waals surface area contributed by atoms with Crippen LogP contribution in [0.3, 0.4) is 0 Å². The van der Waals surface area contributed by atoms with E-state index in [-0.39, 0.29) is 0 Å². The summed E-state index contributed by atoms with van der Waals surface area (Å²) >= 11 is 0. The summed E-state index contributed by atoms with van der Waals surface area (Å²) in [5, 5.41) is 8.66. The molecule has 2 aromatic rings. The monoisotopic (exact) mass is 354 g/mol. The van der Waals surface area contributed by atoms with E-state index in [1.54, 1.807) is 17.6 Å². The third kappa shape index (κ3) is 4.39. The van der Waals surface area contributed by atoms with Gasteiger partial charge in [-0.05, 0) is 35.7 Å². The van der Waals surface area contributed by atoms with Gasteiger partial charge in [-0.25, -0.2) is 5.48 Å². The van der Waals surface area contributed by atoms with Crippen LogP contribution < -0.4 is 10.4 Å². The first-order chi connectivity index (χ1) is 12.6. The fourth-order valence-corrected chi connectivity index (χ4v) is 3.17. The first-order valence-corrected chi connectivity index (χ1v) is 9.03. The zero-order chi connectivity index (χ0) is 18.5. The van der Waals surface area contributed by atoms with Crippen LogP contribution in [0.5, 0.6) is 0 Å². The van der Waals surface area contributed by atoms with Gasteiger partial charge in [-0.1, -0.05) is 26.0 Å². The van der Waals surface area contributed by atoms with Crippen molar-refractivity contribution in [2.24, 2.45) is 0 Å². The van der Waals surface area contributed by atoms with Gasteiger partial charge < -0.3 is 4.90 Å². The third-order valence-corrected chi connectivity index (χ3v) is 4.82. The highest BCUT2D eigenvalue weighted by Gasteiger charge is 2.18. The van der Waals surface area contributed by atoms with E-state index in [0.29, 0.717) is 11.5 Å². The van der Waals surface area contributed by atoms with Crippen LogP contribution in [0, 0.1) is 0 Å². The molecular weight excluding hydrogens is 328 g/mol. The summed E-state index contributed by atoms with van der Waals surface area (Å²) in [4.78, 5) is 20.7. The molecule has 1 aromatic heterocycles. The molecule has 1 fully saturated rings. The van der Waals surface area contributed by atoms with Crippen molar-refractivity contribution in [2.75, 3.05) is 31.1 Å². The largest absolute Gasteiger partial charge is 0.368 e. The van der Waals surface area contributed by atoms with Gasteiger partial charge in [0, 0.05) is 44.0 Å². The molecule has 6 heteroatoms. The molecule has 0 unspecified atom stereocenters. The predicted octanol–water partition coefficient (Wildman–Crippen LogP) is 2.65. The minimum absolute atomic E-state index is 0.454. The molecule has 138 valence electrons. The Morgan fingerprint density at radius 2 is 1.81 bits per heavy atom. The summed E-state index contributed by atoms with van der Waals surface area (Å²) in [5.41, 5.74) is 5.59. The quantitative estimate of drug-likeness (QED) is 0.638. The average Bonchev–Trinajstić information content (AvgIpc) is 2.68. The number of pyridine rings is 1. The third-order valence-electron chi connectivity index (χ3n) is 4.82. The average molecular weight is 354 g/mol. The molecule has 0 spiro atoms. The summed E-state index contributed by atoms with van der Waals surface area (Å²) in [5.74, 6) is -0.0296. The summed E-state index contributed by atoms with van der Waals surface area (Å²) in [6.07, 6.45) is 1.98. The molecule has 0 aliphatic carbocycles. The van der Waals surface area contributed by atoms with Crippen LogP contribution in [-0.4, -0.2) is 47.2 Å². The number of nitrogens with one attached hydrogen (secondary N) is 1. The SMILES string of the molecule is CC(C)c1ccc(N2CCN(Cc3ccc(C(=O)NO)cc3)CC2)cn1. The summed E-state index contributed by atoms with van der Waals surface area (Å²) in [6.45, 7) is 9.11. The van der Waals surface area contributed by atoms with E-state index in [2.05, 4.69) is 40.8 Å². The van der Waals surface area contributed by atoms with Crippen molar-refractivity contribution in [3.8, 4) is 0 Å². The van der Waals surface area contributed by atoms with E-state index < -0.39 is 5.91 Å². The molecule has 0 saturated carbocycles. The maximum Gasteiger partial charge on any atom is 0.274 e. The van der Waals surface area contributed by atoms with Gasteiger partial charge in [-0.15, -0.1) is 0 Å². The second kappa shape index (κ2) is 8.29.